The Balaban J connectivity index is 1.51. The number of hydrogen-bond donors (Lipinski definition) is 0. The second-order valence-electron chi connectivity index (χ2n) is 6.77. The minimum absolute atomic E-state index is 0.0229. The Bertz CT molecular complexity index is 1040. The maximum Gasteiger partial charge on any atom is 0.234 e. The molecule has 8 heteroatoms. The minimum atomic E-state index is -0.278. The lowest BCUT2D eigenvalue weighted by atomic mass is 10.2. The molecule has 29 heavy (non-hydrogen) atoms. The molecule has 0 N–H and O–H groups in total. The first kappa shape index (κ1) is 20.0. The van der Waals surface area contributed by atoms with Crippen molar-refractivity contribution in [3.05, 3.63) is 71.3 Å². The van der Waals surface area contributed by atoms with Crippen LogP contribution in [0.5, 0.6) is 0 Å². The van der Waals surface area contributed by atoms with Crippen molar-refractivity contribution in [1.29, 1.82) is 0 Å². The summed E-state index contributed by atoms with van der Waals surface area (Å²) >= 11 is 2.96. The van der Waals surface area contributed by atoms with Crippen LogP contribution >= 0.6 is 23.5 Å². The summed E-state index contributed by atoms with van der Waals surface area (Å²) in [5.74, 6) is 1.51. The molecule has 1 aromatic heterocycles. The Morgan fingerprint density at radius 3 is 2.72 bits per heavy atom. The standard InChI is InChI=1S/C21H21FN4OS2/c1-14-7-3-6-10-18(14)26-15(2)23-24-21(26)29-13-19(27)25-11-12-28-20(25)16-8-4-5-9-17(16)22/h3-10,20H,11-13H2,1-2H3/t20-/m1/s1. The molecular weight excluding hydrogens is 407 g/mol. The number of aromatic nitrogens is 3. The third-order valence-corrected chi connectivity index (χ3v) is 7.02. The fraction of sp³-hybridized carbons (Fsp3) is 0.286. The van der Waals surface area contributed by atoms with Gasteiger partial charge in [0.15, 0.2) is 5.16 Å². The number of para-hydroxylation sites is 1. The Labute approximate surface area is 177 Å². The van der Waals surface area contributed by atoms with Gasteiger partial charge in [-0.2, -0.15) is 0 Å². The van der Waals surface area contributed by atoms with Crippen molar-refractivity contribution in [3.8, 4) is 5.69 Å². The zero-order valence-electron chi connectivity index (χ0n) is 16.2. The number of thioether (sulfide) groups is 2. The molecule has 0 bridgehead atoms. The largest absolute Gasteiger partial charge is 0.325 e. The van der Waals surface area contributed by atoms with Crippen molar-refractivity contribution in [1.82, 2.24) is 19.7 Å². The van der Waals surface area contributed by atoms with Crippen molar-refractivity contribution in [2.45, 2.75) is 24.4 Å². The molecule has 0 spiro atoms. The minimum Gasteiger partial charge on any atom is -0.325 e. The van der Waals surface area contributed by atoms with Gasteiger partial charge in [0.05, 0.1) is 11.4 Å². The molecule has 0 unspecified atom stereocenters. The van der Waals surface area contributed by atoms with E-state index in [1.807, 2.05) is 48.7 Å². The predicted molar refractivity (Wildman–Crippen MR) is 115 cm³/mol. The van der Waals surface area contributed by atoms with Crippen molar-refractivity contribution in [2.24, 2.45) is 0 Å². The Hall–Kier alpha value is -2.32. The molecule has 0 saturated carbocycles. The third kappa shape index (κ3) is 4.04. The summed E-state index contributed by atoms with van der Waals surface area (Å²) in [5.41, 5.74) is 2.68. The summed E-state index contributed by atoms with van der Waals surface area (Å²) in [6.07, 6.45) is 0. The first-order chi connectivity index (χ1) is 14.1. The number of rotatable bonds is 5. The first-order valence-electron chi connectivity index (χ1n) is 9.32. The van der Waals surface area contributed by atoms with Gasteiger partial charge in [0.2, 0.25) is 5.91 Å². The number of amides is 1. The smallest absolute Gasteiger partial charge is 0.234 e. The quantitative estimate of drug-likeness (QED) is 0.564. The number of carbonyl (C=O) groups is 1. The molecular formula is C21H21FN4OS2. The van der Waals surface area contributed by atoms with Gasteiger partial charge in [-0.3, -0.25) is 9.36 Å². The van der Waals surface area contributed by atoms with Gasteiger partial charge in [-0.15, -0.1) is 22.0 Å². The molecule has 150 valence electrons. The van der Waals surface area contributed by atoms with Gasteiger partial charge in [0.25, 0.3) is 0 Å². The highest BCUT2D eigenvalue weighted by Gasteiger charge is 2.32. The van der Waals surface area contributed by atoms with E-state index in [4.69, 9.17) is 0 Å². The molecule has 1 aliphatic heterocycles. The van der Waals surface area contributed by atoms with Crippen LogP contribution < -0.4 is 0 Å². The van der Waals surface area contributed by atoms with Crippen molar-refractivity contribution in [3.63, 3.8) is 0 Å². The average Bonchev–Trinajstić information content (AvgIpc) is 3.34. The van der Waals surface area contributed by atoms with E-state index >= 15 is 0 Å². The lowest BCUT2D eigenvalue weighted by molar-refractivity contribution is -0.128. The van der Waals surface area contributed by atoms with Gasteiger partial charge in [-0.1, -0.05) is 48.2 Å². The number of aryl methyl sites for hydroxylation is 2. The van der Waals surface area contributed by atoms with Gasteiger partial charge in [0.1, 0.15) is 17.0 Å². The van der Waals surface area contributed by atoms with Crippen LogP contribution in [-0.4, -0.2) is 43.6 Å². The molecule has 0 aliphatic carbocycles. The fourth-order valence-electron chi connectivity index (χ4n) is 3.40. The molecule has 1 saturated heterocycles. The fourth-order valence-corrected chi connectivity index (χ4v) is 5.57. The van der Waals surface area contributed by atoms with Crippen LogP contribution in [0.3, 0.4) is 0 Å². The second-order valence-corrected chi connectivity index (χ2v) is 8.90. The van der Waals surface area contributed by atoms with Crippen LogP contribution in [0.25, 0.3) is 5.69 Å². The zero-order valence-corrected chi connectivity index (χ0v) is 17.8. The van der Waals surface area contributed by atoms with Crippen molar-refractivity contribution < 1.29 is 9.18 Å². The van der Waals surface area contributed by atoms with E-state index in [1.165, 1.54) is 17.8 Å². The molecule has 1 amide bonds. The molecule has 4 rings (SSSR count). The van der Waals surface area contributed by atoms with E-state index in [9.17, 15) is 9.18 Å². The van der Waals surface area contributed by atoms with E-state index in [0.717, 1.165) is 22.8 Å². The lowest BCUT2D eigenvalue weighted by Crippen LogP contribution is -2.32. The number of hydrogen-bond acceptors (Lipinski definition) is 5. The number of halogens is 1. The van der Waals surface area contributed by atoms with Crippen molar-refractivity contribution >= 4 is 29.4 Å². The topological polar surface area (TPSA) is 51.0 Å². The number of nitrogens with zero attached hydrogens (tertiary/aromatic N) is 4. The maximum absolute atomic E-state index is 14.2. The Kier molecular flexibility index (Phi) is 5.91. The first-order valence-corrected chi connectivity index (χ1v) is 11.4. The summed E-state index contributed by atoms with van der Waals surface area (Å²) in [5, 5.41) is 8.86. The molecule has 3 aromatic rings. The second kappa shape index (κ2) is 8.59. The van der Waals surface area contributed by atoms with Gasteiger partial charge in [0, 0.05) is 17.9 Å². The summed E-state index contributed by atoms with van der Waals surface area (Å²) in [6, 6.07) is 14.7. The van der Waals surface area contributed by atoms with Gasteiger partial charge < -0.3 is 4.90 Å². The molecule has 2 aromatic carbocycles. The highest BCUT2D eigenvalue weighted by molar-refractivity contribution is 8.00. The van der Waals surface area contributed by atoms with E-state index in [0.29, 0.717) is 17.3 Å². The van der Waals surface area contributed by atoms with Gasteiger partial charge in [-0.05, 0) is 31.5 Å². The molecule has 5 nitrogen and oxygen atoms in total. The van der Waals surface area contributed by atoms with Gasteiger partial charge in [-0.25, -0.2) is 4.39 Å². The van der Waals surface area contributed by atoms with E-state index in [-0.39, 0.29) is 22.9 Å². The monoisotopic (exact) mass is 428 g/mol. The van der Waals surface area contributed by atoms with Crippen molar-refractivity contribution in [2.75, 3.05) is 18.1 Å². The van der Waals surface area contributed by atoms with Crippen LogP contribution in [-0.2, 0) is 4.79 Å². The summed E-state index contributed by atoms with van der Waals surface area (Å²) in [7, 11) is 0. The zero-order chi connectivity index (χ0) is 20.4. The van der Waals surface area contributed by atoms with E-state index < -0.39 is 0 Å². The molecule has 1 aliphatic rings. The summed E-state index contributed by atoms with van der Waals surface area (Å²) in [4.78, 5) is 14.7. The third-order valence-electron chi connectivity index (χ3n) is 4.86. The highest BCUT2D eigenvalue weighted by atomic mass is 32.2. The Morgan fingerprint density at radius 2 is 1.93 bits per heavy atom. The van der Waals surface area contributed by atoms with Crippen LogP contribution in [0.1, 0.15) is 22.3 Å². The van der Waals surface area contributed by atoms with E-state index in [1.54, 1.807) is 28.8 Å². The highest BCUT2D eigenvalue weighted by Crippen LogP contribution is 2.39. The molecule has 0 radical (unpaired) electrons. The Morgan fingerprint density at radius 1 is 1.17 bits per heavy atom. The molecule has 1 fully saturated rings. The van der Waals surface area contributed by atoms with Crippen LogP contribution in [0.15, 0.2) is 53.7 Å². The average molecular weight is 429 g/mol. The number of benzene rings is 2. The SMILES string of the molecule is Cc1ccccc1-n1c(C)nnc1SCC(=O)N1CCS[C@@H]1c1ccccc1F. The summed E-state index contributed by atoms with van der Waals surface area (Å²) in [6.45, 7) is 4.55. The predicted octanol–water partition coefficient (Wildman–Crippen LogP) is 4.39. The number of carbonyl (C=O) groups excluding carboxylic acids is 1. The normalized spacial score (nSPS) is 16.4. The van der Waals surface area contributed by atoms with E-state index in [2.05, 4.69) is 10.2 Å². The van der Waals surface area contributed by atoms with Crippen LogP contribution in [0, 0.1) is 19.7 Å². The lowest BCUT2D eigenvalue weighted by Gasteiger charge is -2.24. The van der Waals surface area contributed by atoms with Gasteiger partial charge >= 0.3 is 0 Å². The van der Waals surface area contributed by atoms with Crippen LogP contribution in [0.2, 0.25) is 0 Å². The summed E-state index contributed by atoms with van der Waals surface area (Å²) < 4.78 is 16.2. The molecule has 2 heterocycles. The van der Waals surface area contributed by atoms with Crippen LogP contribution in [0.4, 0.5) is 4.39 Å². The maximum atomic E-state index is 14.2. The molecule has 1 atom stereocenters.